The van der Waals surface area contributed by atoms with E-state index in [9.17, 15) is 4.79 Å². The van der Waals surface area contributed by atoms with Crippen LogP contribution in [0.4, 0.5) is 16.2 Å². The fraction of sp³-hybridized carbons (Fsp3) is 0.286. The van der Waals surface area contributed by atoms with Gasteiger partial charge in [0.1, 0.15) is 0 Å². The highest BCUT2D eigenvalue weighted by atomic mass is 16.2. The Morgan fingerprint density at radius 1 is 1.30 bits per heavy atom. The predicted molar refractivity (Wildman–Crippen MR) is 81.7 cm³/mol. The van der Waals surface area contributed by atoms with Gasteiger partial charge in [0.05, 0.1) is 11.2 Å². The Kier molecular flexibility index (Phi) is 4.24. The molecular formula is C14H19N5O. The van der Waals surface area contributed by atoms with Crippen LogP contribution in [0.3, 0.4) is 0 Å². The average Bonchev–Trinajstić information content (AvgIpc) is 2.45. The third-order valence-electron chi connectivity index (χ3n) is 2.92. The van der Waals surface area contributed by atoms with Crippen LogP contribution >= 0.6 is 0 Å². The molecule has 0 saturated heterocycles. The summed E-state index contributed by atoms with van der Waals surface area (Å²) in [5, 5.41) is 7.05. The average molecular weight is 273 g/mol. The third-order valence-corrected chi connectivity index (χ3v) is 2.92. The molecule has 0 fully saturated rings. The van der Waals surface area contributed by atoms with Crippen molar-refractivity contribution in [3.8, 4) is 0 Å². The Hall–Kier alpha value is -2.50. The van der Waals surface area contributed by atoms with Gasteiger partial charge < -0.3 is 21.3 Å². The molecule has 2 aromatic rings. The number of nitrogen functional groups attached to an aromatic ring is 1. The van der Waals surface area contributed by atoms with Crippen molar-refractivity contribution in [3.05, 3.63) is 30.5 Å². The predicted octanol–water partition coefficient (Wildman–Crippen LogP) is 1.50. The lowest BCUT2D eigenvalue weighted by Crippen LogP contribution is -2.37. The molecule has 0 aliphatic carbocycles. The second-order valence-corrected chi connectivity index (χ2v) is 4.66. The quantitative estimate of drug-likeness (QED) is 0.582. The topological polar surface area (TPSA) is 83.3 Å². The minimum absolute atomic E-state index is 0.101. The van der Waals surface area contributed by atoms with E-state index in [1.165, 1.54) is 4.90 Å². The highest BCUT2D eigenvalue weighted by Crippen LogP contribution is 2.25. The number of nitrogens with zero attached hydrogens (tertiary/aromatic N) is 2. The summed E-state index contributed by atoms with van der Waals surface area (Å²) in [6.07, 6.45) is 1.72. The maximum Gasteiger partial charge on any atom is 0.316 e. The van der Waals surface area contributed by atoms with Gasteiger partial charge in [-0.3, -0.25) is 4.98 Å². The molecule has 2 rings (SSSR count). The number of aromatic nitrogens is 1. The van der Waals surface area contributed by atoms with Crippen LogP contribution in [0.15, 0.2) is 30.5 Å². The number of fused-ring (bicyclic) bond motifs is 1. The summed E-state index contributed by atoms with van der Waals surface area (Å²) in [7, 11) is 3.42. The van der Waals surface area contributed by atoms with Crippen LogP contribution in [0, 0.1) is 0 Å². The summed E-state index contributed by atoms with van der Waals surface area (Å²) < 4.78 is 0. The Balaban J connectivity index is 2.00. The molecule has 106 valence electrons. The molecule has 0 radical (unpaired) electrons. The van der Waals surface area contributed by atoms with Crippen LogP contribution in [0.1, 0.15) is 0 Å². The number of urea groups is 1. The van der Waals surface area contributed by atoms with Crippen molar-refractivity contribution in [1.29, 1.82) is 0 Å². The summed E-state index contributed by atoms with van der Waals surface area (Å²) >= 11 is 0. The summed E-state index contributed by atoms with van der Waals surface area (Å²) in [5.41, 5.74) is 8.31. The Bertz CT molecular complexity index is 612. The van der Waals surface area contributed by atoms with Crippen LogP contribution < -0.4 is 16.4 Å². The molecule has 2 amide bonds. The Morgan fingerprint density at radius 3 is 2.85 bits per heavy atom. The first-order chi connectivity index (χ1) is 9.59. The number of anilines is 2. The molecular weight excluding hydrogens is 254 g/mol. The van der Waals surface area contributed by atoms with Gasteiger partial charge in [-0.05, 0) is 24.3 Å². The number of rotatable bonds is 4. The van der Waals surface area contributed by atoms with Crippen molar-refractivity contribution in [2.45, 2.75) is 0 Å². The smallest absolute Gasteiger partial charge is 0.316 e. The number of hydrogen-bond donors (Lipinski definition) is 3. The zero-order valence-corrected chi connectivity index (χ0v) is 11.7. The van der Waals surface area contributed by atoms with Crippen molar-refractivity contribution >= 4 is 28.3 Å². The van der Waals surface area contributed by atoms with Gasteiger partial charge in [0, 0.05) is 44.5 Å². The molecule has 0 bridgehead atoms. The van der Waals surface area contributed by atoms with E-state index < -0.39 is 0 Å². The maximum absolute atomic E-state index is 11.4. The number of hydrogen-bond acceptors (Lipinski definition) is 4. The molecule has 0 saturated carbocycles. The number of nitrogens with two attached hydrogens (primary N) is 1. The summed E-state index contributed by atoms with van der Waals surface area (Å²) in [4.78, 5) is 17.2. The van der Waals surface area contributed by atoms with E-state index in [1.54, 1.807) is 20.3 Å². The SMILES string of the molecule is CN(C)C(=O)NCCNc1ccc(N)c2ncccc12. The van der Waals surface area contributed by atoms with Crippen molar-refractivity contribution in [3.63, 3.8) is 0 Å². The highest BCUT2D eigenvalue weighted by Gasteiger charge is 2.05. The highest BCUT2D eigenvalue weighted by molar-refractivity contribution is 5.98. The van der Waals surface area contributed by atoms with E-state index in [1.807, 2.05) is 24.3 Å². The van der Waals surface area contributed by atoms with E-state index in [2.05, 4.69) is 15.6 Å². The minimum Gasteiger partial charge on any atom is -0.397 e. The molecule has 1 aromatic heterocycles. The molecule has 0 aliphatic rings. The molecule has 0 unspecified atom stereocenters. The molecule has 0 atom stereocenters. The van der Waals surface area contributed by atoms with Crippen molar-refractivity contribution in [1.82, 2.24) is 15.2 Å². The van der Waals surface area contributed by atoms with Crippen LogP contribution in [0.2, 0.25) is 0 Å². The molecule has 1 heterocycles. The fourth-order valence-corrected chi connectivity index (χ4v) is 1.87. The normalized spacial score (nSPS) is 10.3. The first kappa shape index (κ1) is 13.9. The van der Waals surface area contributed by atoms with Crippen molar-refractivity contribution < 1.29 is 4.79 Å². The summed E-state index contributed by atoms with van der Waals surface area (Å²) in [5.74, 6) is 0. The second kappa shape index (κ2) is 6.10. The molecule has 6 nitrogen and oxygen atoms in total. The first-order valence-corrected chi connectivity index (χ1v) is 6.42. The van der Waals surface area contributed by atoms with E-state index in [0.29, 0.717) is 18.8 Å². The molecule has 1 aromatic carbocycles. The van der Waals surface area contributed by atoms with Gasteiger partial charge in [-0.1, -0.05) is 0 Å². The molecule has 4 N–H and O–H groups in total. The van der Waals surface area contributed by atoms with Gasteiger partial charge in [-0.25, -0.2) is 4.79 Å². The van der Waals surface area contributed by atoms with Gasteiger partial charge in [0.25, 0.3) is 0 Å². The monoisotopic (exact) mass is 273 g/mol. The summed E-state index contributed by atoms with van der Waals surface area (Å²) in [6.45, 7) is 1.18. The number of carbonyl (C=O) groups excluding carboxylic acids is 1. The third kappa shape index (κ3) is 3.09. The minimum atomic E-state index is -0.101. The van der Waals surface area contributed by atoms with Gasteiger partial charge in [0.15, 0.2) is 0 Å². The second-order valence-electron chi connectivity index (χ2n) is 4.66. The van der Waals surface area contributed by atoms with Crippen LogP contribution in [-0.4, -0.2) is 43.1 Å². The number of carbonyl (C=O) groups is 1. The number of amides is 2. The lowest BCUT2D eigenvalue weighted by Gasteiger charge is -2.14. The van der Waals surface area contributed by atoms with E-state index in [4.69, 9.17) is 5.73 Å². The number of benzene rings is 1. The Morgan fingerprint density at radius 2 is 2.10 bits per heavy atom. The number of nitrogens with one attached hydrogen (secondary N) is 2. The van der Waals surface area contributed by atoms with E-state index in [0.717, 1.165) is 16.6 Å². The van der Waals surface area contributed by atoms with E-state index in [-0.39, 0.29) is 6.03 Å². The van der Waals surface area contributed by atoms with E-state index >= 15 is 0 Å². The lowest BCUT2D eigenvalue weighted by molar-refractivity contribution is 0.218. The number of pyridine rings is 1. The summed E-state index contributed by atoms with van der Waals surface area (Å²) in [6, 6.07) is 7.50. The van der Waals surface area contributed by atoms with Crippen LogP contribution in [-0.2, 0) is 0 Å². The zero-order chi connectivity index (χ0) is 14.5. The van der Waals surface area contributed by atoms with Gasteiger partial charge >= 0.3 is 6.03 Å². The van der Waals surface area contributed by atoms with Crippen LogP contribution in [0.25, 0.3) is 10.9 Å². The lowest BCUT2D eigenvalue weighted by atomic mass is 10.1. The molecule has 0 spiro atoms. The zero-order valence-electron chi connectivity index (χ0n) is 11.7. The van der Waals surface area contributed by atoms with Crippen LogP contribution in [0.5, 0.6) is 0 Å². The van der Waals surface area contributed by atoms with Gasteiger partial charge in [-0.2, -0.15) is 0 Å². The van der Waals surface area contributed by atoms with Gasteiger partial charge in [0.2, 0.25) is 0 Å². The first-order valence-electron chi connectivity index (χ1n) is 6.42. The molecule has 20 heavy (non-hydrogen) atoms. The molecule has 6 heteroatoms. The maximum atomic E-state index is 11.4. The van der Waals surface area contributed by atoms with Crippen molar-refractivity contribution in [2.75, 3.05) is 38.2 Å². The standard InChI is InChI=1S/C14H19N5O/c1-19(2)14(20)18-9-8-16-12-6-5-11(15)13-10(12)4-3-7-17-13/h3-7,16H,8-9,15H2,1-2H3,(H,18,20). The fourth-order valence-electron chi connectivity index (χ4n) is 1.87. The van der Waals surface area contributed by atoms with Gasteiger partial charge in [-0.15, -0.1) is 0 Å². The Labute approximate surface area is 118 Å². The largest absolute Gasteiger partial charge is 0.397 e. The molecule has 0 aliphatic heterocycles. The van der Waals surface area contributed by atoms with Crippen molar-refractivity contribution in [2.24, 2.45) is 0 Å².